The predicted molar refractivity (Wildman–Crippen MR) is 97.8 cm³/mol. The molecule has 4 nitrogen and oxygen atoms in total. The first-order valence-corrected chi connectivity index (χ1v) is 8.01. The van der Waals surface area contributed by atoms with Gasteiger partial charge in [0.05, 0.1) is 0 Å². The molecule has 0 amide bonds. The van der Waals surface area contributed by atoms with Crippen molar-refractivity contribution < 1.29 is 10.1 Å². The fourth-order valence-electron chi connectivity index (χ4n) is 2.96. The average Bonchev–Trinajstić information content (AvgIpc) is 3.11. The highest BCUT2D eigenvalue weighted by Crippen LogP contribution is 2.36. The van der Waals surface area contributed by atoms with Crippen molar-refractivity contribution in [3.8, 4) is 0 Å². The topological polar surface area (TPSA) is 54.2 Å². The summed E-state index contributed by atoms with van der Waals surface area (Å²) in [4.78, 5) is 14.4. The van der Waals surface area contributed by atoms with Gasteiger partial charge in [-0.1, -0.05) is 91.0 Å². The minimum Gasteiger partial charge on any atom is -0.249 e. The Morgan fingerprint density at radius 2 is 1.20 bits per heavy atom. The van der Waals surface area contributed by atoms with Gasteiger partial charge in [-0.2, -0.15) is 4.89 Å². The Labute approximate surface area is 145 Å². The molecule has 4 heteroatoms. The van der Waals surface area contributed by atoms with E-state index in [0.717, 1.165) is 11.1 Å². The van der Waals surface area contributed by atoms with Crippen LogP contribution < -0.4 is 0 Å². The largest absolute Gasteiger partial charge is 0.262 e. The van der Waals surface area contributed by atoms with Crippen molar-refractivity contribution in [1.82, 2.24) is 0 Å². The molecule has 0 bridgehead atoms. The highest BCUT2D eigenvalue weighted by Gasteiger charge is 2.45. The van der Waals surface area contributed by atoms with E-state index in [0.29, 0.717) is 17.1 Å². The molecule has 0 aliphatic carbocycles. The molecule has 1 heterocycles. The number of nitrogens with zero attached hydrogens (tertiary/aromatic N) is 2. The summed E-state index contributed by atoms with van der Waals surface area (Å²) >= 11 is 0. The molecule has 122 valence electrons. The van der Waals surface area contributed by atoms with Gasteiger partial charge in [0.15, 0.2) is 5.84 Å². The Morgan fingerprint density at radius 3 is 1.76 bits per heavy atom. The lowest BCUT2D eigenvalue weighted by Crippen LogP contribution is -2.34. The van der Waals surface area contributed by atoms with Crippen LogP contribution >= 0.6 is 0 Å². The van der Waals surface area contributed by atoms with Crippen molar-refractivity contribution >= 4 is 11.5 Å². The minimum absolute atomic E-state index is 0.525. The lowest BCUT2D eigenvalue weighted by Gasteiger charge is -2.24. The van der Waals surface area contributed by atoms with E-state index in [1.807, 2.05) is 91.0 Å². The van der Waals surface area contributed by atoms with Crippen LogP contribution in [0, 0.1) is 0 Å². The van der Waals surface area contributed by atoms with E-state index in [4.69, 9.17) is 9.88 Å². The van der Waals surface area contributed by atoms with Crippen LogP contribution in [0.2, 0.25) is 0 Å². The Balaban J connectivity index is 1.93. The molecule has 1 N–H and O–H groups in total. The third-order valence-electron chi connectivity index (χ3n) is 4.18. The molecule has 1 aliphatic rings. The van der Waals surface area contributed by atoms with Gasteiger partial charge in [0, 0.05) is 16.7 Å². The average molecular weight is 328 g/mol. The molecule has 0 saturated carbocycles. The summed E-state index contributed by atoms with van der Waals surface area (Å²) in [6.07, 6.45) is 0. The van der Waals surface area contributed by atoms with Crippen LogP contribution in [0.25, 0.3) is 0 Å². The summed E-state index contributed by atoms with van der Waals surface area (Å²) in [5.74, 6) is 0.525. The highest BCUT2D eigenvalue weighted by atomic mass is 17.1. The lowest BCUT2D eigenvalue weighted by molar-refractivity contribution is -0.302. The summed E-state index contributed by atoms with van der Waals surface area (Å²) in [5.41, 5.74) is 1.60. The van der Waals surface area contributed by atoms with E-state index in [-0.39, 0.29) is 0 Å². The van der Waals surface area contributed by atoms with Gasteiger partial charge in [0.2, 0.25) is 0 Å². The van der Waals surface area contributed by atoms with Crippen molar-refractivity contribution in [3.63, 3.8) is 0 Å². The molecular formula is C21H16N2O2. The quantitative estimate of drug-likeness (QED) is 0.574. The molecule has 1 atom stereocenters. The fourth-order valence-corrected chi connectivity index (χ4v) is 2.96. The zero-order chi connectivity index (χ0) is 17.1. The molecule has 0 spiro atoms. The first-order valence-electron chi connectivity index (χ1n) is 8.01. The maximum atomic E-state index is 9.88. The zero-order valence-corrected chi connectivity index (χ0v) is 13.4. The third kappa shape index (κ3) is 2.67. The maximum Gasteiger partial charge on any atom is 0.262 e. The van der Waals surface area contributed by atoms with E-state index in [1.54, 1.807) is 0 Å². The number of benzene rings is 3. The number of amidine groups is 1. The molecule has 0 fully saturated rings. The predicted octanol–water partition coefficient (Wildman–Crippen LogP) is 4.28. The van der Waals surface area contributed by atoms with Gasteiger partial charge in [-0.25, -0.2) is 15.2 Å². The summed E-state index contributed by atoms with van der Waals surface area (Å²) in [6.45, 7) is 0. The monoisotopic (exact) mass is 328 g/mol. The van der Waals surface area contributed by atoms with Crippen molar-refractivity contribution in [2.45, 2.75) is 5.72 Å². The van der Waals surface area contributed by atoms with Crippen LogP contribution in [0.1, 0.15) is 16.7 Å². The van der Waals surface area contributed by atoms with E-state index in [9.17, 15) is 5.26 Å². The molecular weight excluding hydrogens is 312 g/mol. The number of rotatable bonds is 4. The van der Waals surface area contributed by atoms with Gasteiger partial charge in [-0.15, -0.1) is 0 Å². The number of hydrogen-bond donors (Lipinski definition) is 1. The normalized spacial score (nSPS) is 19.4. The smallest absolute Gasteiger partial charge is 0.249 e. The van der Waals surface area contributed by atoms with Crippen LogP contribution in [0.3, 0.4) is 0 Å². The van der Waals surface area contributed by atoms with Crippen LogP contribution in [0.15, 0.2) is 101 Å². The summed E-state index contributed by atoms with van der Waals surface area (Å²) in [6, 6.07) is 28.7. The molecule has 3 aromatic rings. The summed E-state index contributed by atoms with van der Waals surface area (Å²) in [5, 5.41) is 9.88. The van der Waals surface area contributed by atoms with Gasteiger partial charge in [-0.05, 0) is 0 Å². The van der Waals surface area contributed by atoms with E-state index < -0.39 is 5.72 Å². The highest BCUT2D eigenvalue weighted by molar-refractivity contribution is 6.20. The third-order valence-corrected chi connectivity index (χ3v) is 4.18. The van der Waals surface area contributed by atoms with Crippen molar-refractivity contribution in [2.24, 2.45) is 9.98 Å². The maximum absolute atomic E-state index is 9.88. The molecule has 1 unspecified atom stereocenters. The van der Waals surface area contributed by atoms with Crippen molar-refractivity contribution in [3.05, 3.63) is 108 Å². The number of aliphatic imine (C=N–C) groups is 2. The molecule has 1 aliphatic heterocycles. The second-order valence-corrected chi connectivity index (χ2v) is 5.73. The van der Waals surface area contributed by atoms with Crippen molar-refractivity contribution in [2.75, 3.05) is 0 Å². The Bertz CT molecular complexity index is 922. The van der Waals surface area contributed by atoms with Crippen LogP contribution in [0.4, 0.5) is 0 Å². The first-order chi connectivity index (χ1) is 12.3. The first kappa shape index (κ1) is 15.4. The van der Waals surface area contributed by atoms with E-state index >= 15 is 0 Å². The molecule has 3 aromatic carbocycles. The van der Waals surface area contributed by atoms with Crippen LogP contribution in [-0.2, 0) is 10.6 Å². The summed E-state index contributed by atoms with van der Waals surface area (Å²) in [7, 11) is 0. The minimum atomic E-state index is -1.38. The fraction of sp³-hybridized carbons (Fsp3) is 0.0476. The zero-order valence-electron chi connectivity index (χ0n) is 13.4. The molecule has 25 heavy (non-hydrogen) atoms. The standard InChI is InChI=1S/C21H16N2O2/c24-25-21(18-14-8-3-9-15-18)19(16-10-4-1-5-11-16)22-20(23-21)17-12-6-2-7-13-17/h1-15,24H. The SMILES string of the molecule is OOC1(c2ccccc2)N=C(c2ccccc2)N=C1c1ccccc1. The molecule has 0 radical (unpaired) electrons. The molecule has 0 saturated heterocycles. The van der Waals surface area contributed by atoms with Gasteiger partial charge in [-0.3, -0.25) is 0 Å². The lowest BCUT2D eigenvalue weighted by atomic mass is 9.93. The molecule has 0 aromatic heterocycles. The van der Waals surface area contributed by atoms with E-state index in [2.05, 4.69) is 4.99 Å². The van der Waals surface area contributed by atoms with E-state index in [1.165, 1.54) is 0 Å². The van der Waals surface area contributed by atoms with Crippen LogP contribution in [-0.4, -0.2) is 16.8 Å². The summed E-state index contributed by atoms with van der Waals surface area (Å²) < 4.78 is 0. The van der Waals surface area contributed by atoms with Crippen LogP contribution in [0.5, 0.6) is 0 Å². The second kappa shape index (κ2) is 6.43. The molecule has 4 rings (SSSR count). The van der Waals surface area contributed by atoms with Gasteiger partial charge in [0.25, 0.3) is 5.72 Å². The number of hydrogen-bond acceptors (Lipinski definition) is 4. The van der Waals surface area contributed by atoms with Crippen molar-refractivity contribution in [1.29, 1.82) is 0 Å². The van der Waals surface area contributed by atoms with Gasteiger partial charge >= 0.3 is 0 Å². The van der Waals surface area contributed by atoms with Gasteiger partial charge in [0.1, 0.15) is 5.71 Å². The Kier molecular flexibility index (Phi) is 3.98. The van der Waals surface area contributed by atoms with Gasteiger partial charge < -0.3 is 0 Å². The Hall–Kier alpha value is -3.08. The second-order valence-electron chi connectivity index (χ2n) is 5.73. The Morgan fingerprint density at radius 1 is 0.680 bits per heavy atom.